The van der Waals surface area contributed by atoms with Crippen LogP contribution in [0.5, 0.6) is 0 Å². The molecule has 1 unspecified atom stereocenters. The lowest BCUT2D eigenvalue weighted by atomic mass is 10.3. The summed E-state index contributed by atoms with van der Waals surface area (Å²) in [5.74, 6) is -0.618. The highest BCUT2D eigenvalue weighted by Crippen LogP contribution is 2.23. The van der Waals surface area contributed by atoms with Crippen molar-refractivity contribution < 1.29 is 14.1 Å². The van der Waals surface area contributed by atoms with Crippen LogP contribution in [0.25, 0.3) is 0 Å². The van der Waals surface area contributed by atoms with Gasteiger partial charge in [-0.2, -0.15) is 5.26 Å². The summed E-state index contributed by atoms with van der Waals surface area (Å²) in [6.07, 6.45) is -0.331. The molecule has 0 amide bonds. The van der Waals surface area contributed by atoms with E-state index in [1.807, 2.05) is 0 Å². The fourth-order valence-corrected chi connectivity index (χ4v) is 1.84. The number of nitrogens with one attached hydrogen (secondary N) is 1. The Bertz CT molecular complexity index is 387. The van der Waals surface area contributed by atoms with E-state index in [2.05, 4.69) is 17.3 Å². The number of thiol groups is 1. The minimum atomic E-state index is -2.36. The molecule has 0 aliphatic heterocycles. The third-order valence-corrected chi connectivity index (χ3v) is 2.35. The van der Waals surface area contributed by atoms with Crippen LogP contribution in [0, 0.1) is 11.3 Å². The van der Waals surface area contributed by atoms with Crippen LogP contribution in [0.3, 0.4) is 0 Å². The molecule has 8 heteroatoms. The molecule has 0 spiro atoms. The maximum absolute atomic E-state index is 11.6. The van der Waals surface area contributed by atoms with Crippen molar-refractivity contribution in [2.75, 3.05) is 14.1 Å². The highest BCUT2D eigenvalue weighted by atomic mass is 32.7. The Morgan fingerprint density at radius 1 is 1.53 bits per heavy atom. The number of hydrogen-bond acceptors (Lipinski definition) is 5. The number of rotatable bonds is 5. The van der Waals surface area contributed by atoms with E-state index in [9.17, 15) is 9.36 Å². The van der Waals surface area contributed by atoms with Gasteiger partial charge in [0, 0.05) is 14.1 Å². The number of ether oxygens (including phenoxy) is 1. The molecule has 0 aromatic rings. The van der Waals surface area contributed by atoms with Gasteiger partial charge in [0.2, 0.25) is 7.15 Å². The number of nitrogens with zero attached hydrogens (tertiary/aromatic N) is 2. The van der Waals surface area contributed by atoms with E-state index in [4.69, 9.17) is 10.00 Å². The van der Waals surface area contributed by atoms with Crippen LogP contribution in [-0.4, -0.2) is 31.1 Å². The van der Waals surface area contributed by atoms with E-state index in [0.29, 0.717) is 0 Å². The largest absolute Gasteiger partial charge is 0.459 e. The lowest BCUT2D eigenvalue weighted by molar-refractivity contribution is -0.142. The van der Waals surface area contributed by atoms with Crippen LogP contribution in [0.4, 0.5) is 0 Å². The van der Waals surface area contributed by atoms with Crippen molar-refractivity contribution in [2.45, 2.75) is 20.0 Å². The van der Waals surface area contributed by atoms with Gasteiger partial charge in [-0.3, -0.25) is 4.57 Å². The summed E-state index contributed by atoms with van der Waals surface area (Å²) in [7, 11) is 0.867. The van der Waals surface area contributed by atoms with Crippen LogP contribution in [0.1, 0.15) is 13.8 Å². The number of esters is 1. The zero-order chi connectivity index (χ0) is 13.6. The lowest BCUT2D eigenvalue weighted by Crippen LogP contribution is -2.26. The third kappa shape index (κ3) is 5.66. The van der Waals surface area contributed by atoms with Crippen LogP contribution < -0.4 is 5.09 Å². The SMILES string of the molecule is CC(C)OC(=O)C(C#N)=C(N[PH](=O)S)N(C)C. The zero-order valence-electron chi connectivity index (χ0n) is 10.1. The van der Waals surface area contributed by atoms with Crippen molar-refractivity contribution in [3.8, 4) is 6.07 Å². The van der Waals surface area contributed by atoms with Crippen molar-refractivity contribution >= 4 is 25.4 Å². The van der Waals surface area contributed by atoms with Crippen molar-refractivity contribution in [3.63, 3.8) is 0 Å². The van der Waals surface area contributed by atoms with Gasteiger partial charge in [0.1, 0.15) is 11.9 Å². The maximum atomic E-state index is 11.6. The summed E-state index contributed by atoms with van der Waals surface area (Å²) in [5, 5.41) is 11.4. The maximum Gasteiger partial charge on any atom is 0.352 e. The molecule has 1 atom stereocenters. The van der Waals surface area contributed by atoms with Crippen LogP contribution in [0.15, 0.2) is 11.4 Å². The number of carbonyl (C=O) groups is 1. The monoisotopic (exact) mass is 277 g/mol. The second-order valence-corrected chi connectivity index (χ2v) is 5.69. The molecule has 0 fully saturated rings. The average molecular weight is 277 g/mol. The number of carbonyl (C=O) groups excluding carboxylic acids is 1. The Hall–Kier alpha value is -1.12. The van der Waals surface area contributed by atoms with Crippen molar-refractivity contribution in [1.82, 2.24) is 9.99 Å². The highest BCUT2D eigenvalue weighted by Gasteiger charge is 2.20. The molecular formula is C9H16N3O3PS. The first-order valence-electron chi connectivity index (χ1n) is 4.82. The molecule has 17 heavy (non-hydrogen) atoms. The fraction of sp³-hybridized carbons (Fsp3) is 0.556. The minimum absolute atomic E-state index is 0.136. The first-order valence-corrected chi connectivity index (χ1v) is 7.52. The quantitative estimate of drug-likeness (QED) is 0.258. The summed E-state index contributed by atoms with van der Waals surface area (Å²) in [6.45, 7) is 3.36. The predicted molar refractivity (Wildman–Crippen MR) is 68.7 cm³/mol. The van der Waals surface area contributed by atoms with Gasteiger partial charge in [-0.1, -0.05) is 12.2 Å². The smallest absolute Gasteiger partial charge is 0.352 e. The van der Waals surface area contributed by atoms with E-state index in [1.165, 1.54) is 4.90 Å². The van der Waals surface area contributed by atoms with Crippen LogP contribution in [0.2, 0.25) is 0 Å². The molecule has 0 aliphatic carbocycles. The van der Waals surface area contributed by atoms with Gasteiger partial charge in [-0.25, -0.2) is 4.79 Å². The second kappa shape index (κ2) is 7.25. The Morgan fingerprint density at radius 3 is 2.35 bits per heavy atom. The van der Waals surface area contributed by atoms with Gasteiger partial charge >= 0.3 is 5.97 Å². The van der Waals surface area contributed by atoms with Crippen LogP contribution in [-0.2, 0) is 14.1 Å². The summed E-state index contributed by atoms with van der Waals surface area (Å²) < 4.78 is 16.0. The van der Waals surface area contributed by atoms with Gasteiger partial charge < -0.3 is 14.7 Å². The van der Waals surface area contributed by atoms with Crippen LogP contribution >= 0.6 is 19.4 Å². The molecule has 0 rings (SSSR count). The molecule has 0 aromatic heterocycles. The van der Waals surface area contributed by atoms with E-state index in [0.717, 1.165) is 0 Å². The van der Waals surface area contributed by atoms with Crippen molar-refractivity contribution in [3.05, 3.63) is 11.4 Å². The van der Waals surface area contributed by atoms with E-state index in [-0.39, 0.29) is 17.5 Å². The second-order valence-electron chi connectivity index (χ2n) is 3.61. The number of nitriles is 1. The van der Waals surface area contributed by atoms with Gasteiger partial charge in [0.25, 0.3) is 0 Å². The highest BCUT2D eigenvalue weighted by molar-refractivity contribution is 8.40. The Balaban J connectivity index is 5.29. The molecule has 0 heterocycles. The van der Waals surface area contributed by atoms with E-state index < -0.39 is 13.1 Å². The van der Waals surface area contributed by atoms with Gasteiger partial charge in [0.05, 0.1) is 6.10 Å². The molecular weight excluding hydrogens is 261 g/mol. The topological polar surface area (TPSA) is 82.4 Å². The van der Waals surface area contributed by atoms with Gasteiger partial charge in [0.15, 0.2) is 5.57 Å². The Kier molecular flexibility index (Phi) is 6.78. The van der Waals surface area contributed by atoms with E-state index in [1.54, 1.807) is 34.0 Å². The molecule has 1 N–H and O–H groups in total. The zero-order valence-corrected chi connectivity index (χ0v) is 12.0. The molecule has 0 radical (unpaired) electrons. The fourth-order valence-electron chi connectivity index (χ4n) is 0.967. The summed E-state index contributed by atoms with van der Waals surface area (Å²) in [6, 6.07) is 1.74. The van der Waals surface area contributed by atoms with E-state index >= 15 is 0 Å². The molecule has 0 aliphatic rings. The molecule has 6 nitrogen and oxygen atoms in total. The molecule has 0 bridgehead atoms. The average Bonchev–Trinajstić information content (AvgIpc) is 2.15. The summed E-state index contributed by atoms with van der Waals surface area (Å²) in [4.78, 5) is 13.1. The molecule has 96 valence electrons. The first-order chi connectivity index (χ1) is 7.79. The van der Waals surface area contributed by atoms with Crippen molar-refractivity contribution in [1.29, 1.82) is 5.26 Å². The minimum Gasteiger partial charge on any atom is -0.459 e. The predicted octanol–water partition coefficient (Wildman–Crippen LogP) is 1.14. The molecule has 0 aromatic carbocycles. The molecule has 0 saturated heterocycles. The van der Waals surface area contributed by atoms with Gasteiger partial charge in [-0.05, 0) is 13.8 Å². The lowest BCUT2D eigenvalue weighted by Gasteiger charge is -2.19. The molecule has 0 saturated carbocycles. The first kappa shape index (κ1) is 15.9. The number of hydrogen-bond donors (Lipinski definition) is 2. The Morgan fingerprint density at radius 2 is 2.06 bits per heavy atom. The van der Waals surface area contributed by atoms with Crippen molar-refractivity contribution in [2.24, 2.45) is 0 Å². The normalized spacial score (nSPS) is 13.5. The Labute approximate surface area is 107 Å². The summed E-state index contributed by atoms with van der Waals surface area (Å²) in [5.41, 5.74) is -0.226. The third-order valence-electron chi connectivity index (χ3n) is 1.57. The van der Waals surface area contributed by atoms with Gasteiger partial charge in [-0.15, -0.1) is 0 Å². The summed E-state index contributed by atoms with van der Waals surface area (Å²) >= 11 is 3.72. The standard InChI is InChI=1S/C9H16N3O3PS/c1-6(2)15-9(13)7(5-10)8(12(3)4)11-16(14)17/h6,16H,1-4H3,(H2,11,14,17).